The van der Waals surface area contributed by atoms with Crippen LogP contribution < -0.4 is 11.1 Å². The van der Waals surface area contributed by atoms with E-state index in [1.807, 2.05) is 48.5 Å². The molecule has 6 heteroatoms. The van der Waals surface area contributed by atoms with E-state index in [2.05, 4.69) is 10.3 Å². The van der Waals surface area contributed by atoms with Crippen LogP contribution in [0.2, 0.25) is 0 Å². The molecule has 0 aliphatic rings. The summed E-state index contributed by atoms with van der Waals surface area (Å²) in [6, 6.07) is 19.1. The monoisotopic (exact) mass is 359 g/mol. The number of amides is 2. The smallest absolute Gasteiger partial charge is 0.410 e. The number of nitrogens with two attached hydrogens (primary N) is 1. The first-order valence-corrected chi connectivity index (χ1v) is 8.16. The lowest BCUT2D eigenvalue weighted by Crippen LogP contribution is -2.08. The van der Waals surface area contributed by atoms with Crippen molar-refractivity contribution >= 4 is 23.9 Å². The highest BCUT2D eigenvalue weighted by Crippen LogP contribution is 2.30. The van der Waals surface area contributed by atoms with E-state index >= 15 is 0 Å². The summed E-state index contributed by atoms with van der Waals surface area (Å²) in [5.41, 5.74) is 9.64. The van der Waals surface area contributed by atoms with Gasteiger partial charge < -0.3 is 10.8 Å². The first-order chi connectivity index (χ1) is 13.0. The van der Waals surface area contributed by atoms with Crippen molar-refractivity contribution in [3.05, 3.63) is 78.5 Å². The van der Waals surface area contributed by atoms with Gasteiger partial charge in [0.2, 0.25) is 5.91 Å². The predicted molar refractivity (Wildman–Crippen MR) is 105 cm³/mol. The third kappa shape index (κ3) is 4.58. The number of carbonyl (C=O) groups is 2. The highest BCUT2D eigenvalue weighted by molar-refractivity contribution is 5.93. The molecule has 0 atom stereocenters. The lowest BCUT2D eigenvalue weighted by Gasteiger charge is -2.11. The number of carbonyl (C=O) groups excluding carboxylic acids is 1. The van der Waals surface area contributed by atoms with Crippen molar-refractivity contribution in [1.29, 1.82) is 0 Å². The molecular weight excluding hydrogens is 342 g/mol. The van der Waals surface area contributed by atoms with E-state index in [0.29, 0.717) is 0 Å². The van der Waals surface area contributed by atoms with Gasteiger partial charge in [0.25, 0.3) is 0 Å². The van der Waals surface area contributed by atoms with Crippen molar-refractivity contribution in [2.45, 2.75) is 0 Å². The standard InChI is InChI=1S/C21H17N3O3/c22-19(25)9-7-16-12-15(14-4-2-1-3-5-14)6-8-18(16)17-10-11-23-20(13-17)24-21(26)27/h1-13H,(H2,22,25)(H,23,24)(H,26,27). The van der Waals surface area contributed by atoms with Crippen LogP contribution in [-0.2, 0) is 4.79 Å². The summed E-state index contributed by atoms with van der Waals surface area (Å²) < 4.78 is 0. The Morgan fingerprint density at radius 1 is 0.963 bits per heavy atom. The van der Waals surface area contributed by atoms with Gasteiger partial charge in [0.1, 0.15) is 5.82 Å². The second-order valence-corrected chi connectivity index (χ2v) is 5.76. The van der Waals surface area contributed by atoms with Gasteiger partial charge in [-0.15, -0.1) is 0 Å². The minimum absolute atomic E-state index is 0.219. The average Bonchev–Trinajstić information content (AvgIpc) is 2.66. The van der Waals surface area contributed by atoms with Gasteiger partial charge in [0.15, 0.2) is 0 Å². The largest absolute Gasteiger partial charge is 0.465 e. The third-order valence-corrected chi connectivity index (χ3v) is 3.89. The van der Waals surface area contributed by atoms with Crippen molar-refractivity contribution in [3.8, 4) is 22.3 Å². The van der Waals surface area contributed by atoms with E-state index in [-0.39, 0.29) is 5.82 Å². The van der Waals surface area contributed by atoms with Crippen LogP contribution in [-0.4, -0.2) is 22.1 Å². The van der Waals surface area contributed by atoms with Crippen LogP contribution in [0.25, 0.3) is 28.3 Å². The number of nitrogens with zero attached hydrogens (tertiary/aromatic N) is 1. The van der Waals surface area contributed by atoms with Crippen molar-refractivity contribution in [3.63, 3.8) is 0 Å². The molecule has 0 spiro atoms. The molecule has 0 bridgehead atoms. The molecule has 0 saturated heterocycles. The lowest BCUT2D eigenvalue weighted by atomic mass is 9.95. The van der Waals surface area contributed by atoms with Crippen LogP contribution in [0.4, 0.5) is 10.6 Å². The van der Waals surface area contributed by atoms with Crippen LogP contribution in [0.1, 0.15) is 5.56 Å². The number of anilines is 1. The Hall–Kier alpha value is -3.93. The first-order valence-electron chi connectivity index (χ1n) is 8.16. The van der Waals surface area contributed by atoms with E-state index < -0.39 is 12.0 Å². The fourth-order valence-electron chi connectivity index (χ4n) is 2.72. The molecule has 2 amide bonds. The highest BCUT2D eigenvalue weighted by Gasteiger charge is 2.08. The van der Waals surface area contributed by atoms with Crippen molar-refractivity contribution in [2.75, 3.05) is 5.32 Å². The molecule has 0 unspecified atom stereocenters. The third-order valence-electron chi connectivity index (χ3n) is 3.89. The quantitative estimate of drug-likeness (QED) is 0.599. The van der Waals surface area contributed by atoms with Crippen LogP contribution in [0.3, 0.4) is 0 Å². The molecule has 3 rings (SSSR count). The highest BCUT2D eigenvalue weighted by atomic mass is 16.4. The maximum atomic E-state index is 11.2. The minimum atomic E-state index is -1.19. The normalized spacial score (nSPS) is 10.7. The van der Waals surface area contributed by atoms with Gasteiger partial charge >= 0.3 is 6.09 Å². The molecule has 0 aliphatic heterocycles. The number of pyridine rings is 1. The van der Waals surface area contributed by atoms with Crippen molar-refractivity contribution < 1.29 is 14.7 Å². The second kappa shape index (κ2) is 7.97. The fourth-order valence-corrected chi connectivity index (χ4v) is 2.72. The zero-order valence-corrected chi connectivity index (χ0v) is 14.3. The summed E-state index contributed by atoms with van der Waals surface area (Å²) in [7, 11) is 0. The summed E-state index contributed by atoms with van der Waals surface area (Å²) in [6.07, 6.45) is 3.28. The zero-order chi connectivity index (χ0) is 19.2. The number of nitrogens with one attached hydrogen (secondary N) is 1. The molecule has 0 aliphatic carbocycles. The van der Waals surface area contributed by atoms with E-state index in [1.54, 1.807) is 18.2 Å². The maximum absolute atomic E-state index is 11.2. The van der Waals surface area contributed by atoms with Gasteiger partial charge in [-0.2, -0.15) is 0 Å². The average molecular weight is 359 g/mol. The number of hydrogen-bond donors (Lipinski definition) is 3. The van der Waals surface area contributed by atoms with Crippen LogP contribution in [0, 0.1) is 0 Å². The molecule has 134 valence electrons. The van der Waals surface area contributed by atoms with Crippen LogP contribution in [0.15, 0.2) is 72.9 Å². The SMILES string of the molecule is NC(=O)C=Cc1cc(-c2ccccc2)ccc1-c1ccnc(NC(=O)O)c1. The van der Waals surface area contributed by atoms with Gasteiger partial charge in [-0.3, -0.25) is 10.1 Å². The first kappa shape index (κ1) is 17.9. The van der Waals surface area contributed by atoms with Crippen LogP contribution in [0.5, 0.6) is 0 Å². The Kier molecular flexibility index (Phi) is 5.28. The Labute approximate surface area is 156 Å². The summed E-state index contributed by atoms with van der Waals surface area (Å²) in [5.74, 6) is -0.328. The minimum Gasteiger partial charge on any atom is -0.465 e. The molecule has 1 aromatic heterocycles. The maximum Gasteiger partial charge on any atom is 0.410 e. The molecule has 27 heavy (non-hydrogen) atoms. The van der Waals surface area contributed by atoms with Gasteiger partial charge in [0, 0.05) is 12.3 Å². The van der Waals surface area contributed by atoms with Gasteiger partial charge in [-0.1, -0.05) is 42.5 Å². The molecule has 3 aromatic rings. The Morgan fingerprint density at radius 3 is 2.44 bits per heavy atom. The van der Waals surface area contributed by atoms with E-state index in [1.165, 1.54) is 12.3 Å². The van der Waals surface area contributed by atoms with Crippen LogP contribution >= 0.6 is 0 Å². The summed E-state index contributed by atoms with van der Waals surface area (Å²) in [5, 5.41) is 11.1. The van der Waals surface area contributed by atoms with Gasteiger partial charge in [-0.25, -0.2) is 9.78 Å². The topological polar surface area (TPSA) is 105 Å². The summed E-state index contributed by atoms with van der Waals surface area (Å²) in [4.78, 5) is 26.0. The lowest BCUT2D eigenvalue weighted by molar-refractivity contribution is -0.113. The molecule has 4 N–H and O–H groups in total. The number of benzene rings is 2. The second-order valence-electron chi connectivity index (χ2n) is 5.76. The Morgan fingerprint density at radius 2 is 1.74 bits per heavy atom. The number of rotatable bonds is 5. The van der Waals surface area contributed by atoms with E-state index in [0.717, 1.165) is 27.8 Å². The van der Waals surface area contributed by atoms with Gasteiger partial charge in [-0.05, 0) is 52.1 Å². The number of primary amides is 1. The molecule has 0 fully saturated rings. The molecule has 0 radical (unpaired) electrons. The molecule has 2 aromatic carbocycles. The van der Waals surface area contributed by atoms with E-state index in [9.17, 15) is 9.59 Å². The fraction of sp³-hybridized carbons (Fsp3) is 0. The van der Waals surface area contributed by atoms with Crippen molar-refractivity contribution in [1.82, 2.24) is 4.98 Å². The van der Waals surface area contributed by atoms with Gasteiger partial charge in [0.05, 0.1) is 0 Å². The molecule has 6 nitrogen and oxygen atoms in total. The number of hydrogen-bond acceptors (Lipinski definition) is 3. The van der Waals surface area contributed by atoms with E-state index in [4.69, 9.17) is 10.8 Å². The predicted octanol–water partition coefficient (Wildman–Crippen LogP) is 4.00. The molecule has 0 saturated carbocycles. The number of carboxylic acid groups (broad SMARTS) is 1. The zero-order valence-electron chi connectivity index (χ0n) is 14.3. The molecule has 1 heterocycles. The number of aromatic nitrogens is 1. The molecular formula is C21H17N3O3. The summed E-state index contributed by atoms with van der Waals surface area (Å²) in [6.45, 7) is 0. The summed E-state index contributed by atoms with van der Waals surface area (Å²) >= 11 is 0. The Balaban J connectivity index is 2.09. The Bertz CT molecular complexity index is 1010. The van der Waals surface area contributed by atoms with Crippen molar-refractivity contribution in [2.24, 2.45) is 5.73 Å².